The molecule has 0 saturated carbocycles. The summed E-state index contributed by atoms with van der Waals surface area (Å²) in [5.41, 5.74) is 0.320. The topological polar surface area (TPSA) is 33.1 Å². The summed E-state index contributed by atoms with van der Waals surface area (Å²) in [6, 6.07) is 0. The van der Waals surface area contributed by atoms with Gasteiger partial charge in [0.1, 0.15) is 0 Å². The van der Waals surface area contributed by atoms with Crippen LogP contribution in [0.15, 0.2) is 11.7 Å². The lowest BCUT2D eigenvalue weighted by molar-refractivity contribution is -0.00604. The molecule has 1 atom stereocenters. The van der Waals surface area contributed by atoms with Crippen LogP contribution >= 0.6 is 11.3 Å². The van der Waals surface area contributed by atoms with Crippen LogP contribution in [-0.4, -0.2) is 10.1 Å². The first-order valence-corrected chi connectivity index (χ1v) is 6.91. The van der Waals surface area contributed by atoms with Crippen molar-refractivity contribution in [3.05, 3.63) is 16.6 Å². The Hall–Kier alpha value is -0.850. The fraction of sp³-hybridized carbons (Fsp3) is 0.643. The zero-order valence-corrected chi connectivity index (χ0v) is 11.9. The standard InChI is InChI=1S/C14H21NOS/c1-5-6-7-8-9-14(16,13(2,3)4)12-10-15-11-17-12/h10-11,16H,5-7H2,1-4H3. The van der Waals surface area contributed by atoms with Crippen molar-refractivity contribution < 1.29 is 5.11 Å². The smallest absolute Gasteiger partial charge is 0.166 e. The number of thiazole rings is 1. The highest BCUT2D eigenvalue weighted by Gasteiger charge is 2.41. The molecule has 1 aromatic heterocycles. The molecule has 0 aliphatic heterocycles. The second-order valence-corrected chi connectivity index (χ2v) is 6.12. The number of aliphatic hydroxyl groups is 1. The maximum absolute atomic E-state index is 10.8. The van der Waals surface area contributed by atoms with Crippen LogP contribution in [0.3, 0.4) is 0 Å². The van der Waals surface area contributed by atoms with Gasteiger partial charge in [0.2, 0.25) is 0 Å². The molecule has 1 unspecified atom stereocenters. The van der Waals surface area contributed by atoms with E-state index in [9.17, 15) is 5.11 Å². The van der Waals surface area contributed by atoms with Crippen molar-refractivity contribution in [3.8, 4) is 11.8 Å². The molecule has 0 radical (unpaired) electrons. The minimum Gasteiger partial charge on any atom is -0.372 e. The van der Waals surface area contributed by atoms with Gasteiger partial charge in [-0.2, -0.15) is 0 Å². The van der Waals surface area contributed by atoms with Crippen LogP contribution in [0.2, 0.25) is 0 Å². The number of aromatic nitrogens is 1. The van der Waals surface area contributed by atoms with E-state index >= 15 is 0 Å². The lowest BCUT2D eigenvalue weighted by Crippen LogP contribution is -2.38. The summed E-state index contributed by atoms with van der Waals surface area (Å²) in [5.74, 6) is 6.15. The largest absolute Gasteiger partial charge is 0.372 e. The van der Waals surface area contributed by atoms with Crippen LogP contribution < -0.4 is 0 Å². The molecule has 3 heteroatoms. The molecule has 0 bridgehead atoms. The molecule has 1 aromatic rings. The van der Waals surface area contributed by atoms with Crippen LogP contribution in [0.25, 0.3) is 0 Å². The highest BCUT2D eigenvalue weighted by molar-refractivity contribution is 7.09. The molecule has 2 nitrogen and oxygen atoms in total. The first-order valence-electron chi connectivity index (χ1n) is 6.03. The van der Waals surface area contributed by atoms with Gasteiger partial charge in [0.15, 0.2) is 5.60 Å². The third kappa shape index (κ3) is 3.31. The molecule has 1 heterocycles. The van der Waals surface area contributed by atoms with Crippen LogP contribution in [0.5, 0.6) is 0 Å². The van der Waals surface area contributed by atoms with Gasteiger partial charge < -0.3 is 5.11 Å². The molecule has 0 aromatic carbocycles. The molecular weight excluding hydrogens is 230 g/mol. The molecule has 0 fully saturated rings. The third-order valence-corrected chi connectivity index (χ3v) is 3.68. The second-order valence-electron chi connectivity index (χ2n) is 5.23. The average molecular weight is 251 g/mol. The van der Waals surface area contributed by atoms with Crippen molar-refractivity contribution in [2.75, 3.05) is 0 Å². The lowest BCUT2D eigenvalue weighted by atomic mass is 9.76. The van der Waals surface area contributed by atoms with Crippen LogP contribution in [0.4, 0.5) is 0 Å². The Bertz CT molecular complexity index is 394. The minimum atomic E-state index is -1.10. The van der Waals surface area contributed by atoms with E-state index in [4.69, 9.17) is 0 Å². The molecule has 0 aliphatic carbocycles. The van der Waals surface area contributed by atoms with Gasteiger partial charge in [-0.05, 0) is 6.42 Å². The first-order chi connectivity index (χ1) is 7.92. The van der Waals surface area contributed by atoms with Crippen molar-refractivity contribution in [3.63, 3.8) is 0 Å². The Kier molecular flexibility index (Phi) is 4.73. The molecular formula is C14H21NOS. The van der Waals surface area contributed by atoms with Crippen molar-refractivity contribution in [2.45, 2.75) is 52.6 Å². The molecule has 17 heavy (non-hydrogen) atoms. The Morgan fingerprint density at radius 2 is 2.12 bits per heavy atom. The maximum Gasteiger partial charge on any atom is 0.166 e. The Labute approximate surface area is 108 Å². The van der Waals surface area contributed by atoms with E-state index in [-0.39, 0.29) is 5.41 Å². The number of hydrogen-bond donors (Lipinski definition) is 1. The van der Waals surface area contributed by atoms with Crippen molar-refractivity contribution in [1.29, 1.82) is 0 Å². The second kappa shape index (κ2) is 5.66. The highest BCUT2D eigenvalue weighted by atomic mass is 32.1. The van der Waals surface area contributed by atoms with Gasteiger partial charge in [-0.25, -0.2) is 0 Å². The van der Waals surface area contributed by atoms with E-state index < -0.39 is 5.60 Å². The van der Waals surface area contributed by atoms with E-state index in [1.54, 1.807) is 11.7 Å². The molecule has 1 N–H and O–H groups in total. The molecule has 94 valence electrons. The highest BCUT2D eigenvalue weighted by Crippen LogP contribution is 2.40. The van der Waals surface area contributed by atoms with Crippen LogP contribution in [0.1, 0.15) is 51.8 Å². The monoisotopic (exact) mass is 251 g/mol. The van der Waals surface area contributed by atoms with Gasteiger partial charge in [-0.15, -0.1) is 11.3 Å². The van der Waals surface area contributed by atoms with Gasteiger partial charge in [-0.1, -0.05) is 46.0 Å². The maximum atomic E-state index is 10.8. The zero-order chi connectivity index (χ0) is 12.9. The number of rotatable bonds is 3. The average Bonchev–Trinajstić information content (AvgIpc) is 2.76. The molecule has 1 rings (SSSR count). The van der Waals surface area contributed by atoms with Gasteiger partial charge >= 0.3 is 0 Å². The van der Waals surface area contributed by atoms with E-state index in [0.717, 1.165) is 24.1 Å². The van der Waals surface area contributed by atoms with E-state index in [2.05, 4.69) is 23.7 Å². The van der Waals surface area contributed by atoms with Crippen LogP contribution in [0, 0.1) is 17.3 Å². The molecule has 0 saturated heterocycles. The number of nitrogens with zero attached hydrogens (tertiary/aromatic N) is 1. The molecule has 0 amide bonds. The molecule has 0 aliphatic rings. The minimum absolute atomic E-state index is 0.321. The van der Waals surface area contributed by atoms with Gasteiger partial charge in [-0.3, -0.25) is 4.98 Å². The Balaban J connectivity index is 2.99. The first kappa shape index (κ1) is 14.2. The number of hydrogen-bond acceptors (Lipinski definition) is 3. The summed E-state index contributed by atoms with van der Waals surface area (Å²) in [6.07, 6.45) is 4.76. The Morgan fingerprint density at radius 3 is 2.59 bits per heavy atom. The third-order valence-electron chi connectivity index (χ3n) is 2.80. The summed E-state index contributed by atoms with van der Waals surface area (Å²) in [7, 11) is 0. The summed E-state index contributed by atoms with van der Waals surface area (Å²) < 4.78 is 0. The Morgan fingerprint density at radius 1 is 1.41 bits per heavy atom. The van der Waals surface area contributed by atoms with E-state index in [0.29, 0.717) is 0 Å². The SMILES string of the molecule is CCCCC#CC(O)(c1cncs1)C(C)(C)C. The van der Waals surface area contributed by atoms with E-state index in [1.807, 2.05) is 20.8 Å². The van der Waals surface area contributed by atoms with Gasteiger partial charge in [0, 0.05) is 18.0 Å². The molecule has 0 spiro atoms. The quantitative estimate of drug-likeness (QED) is 0.658. The van der Waals surface area contributed by atoms with E-state index in [1.165, 1.54) is 11.3 Å². The van der Waals surface area contributed by atoms with Crippen LogP contribution in [-0.2, 0) is 5.60 Å². The van der Waals surface area contributed by atoms with Gasteiger partial charge in [0.25, 0.3) is 0 Å². The van der Waals surface area contributed by atoms with Crippen molar-refractivity contribution >= 4 is 11.3 Å². The normalized spacial score (nSPS) is 14.9. The summed E-state index contributed by atoms with van der Waals surface area (Å²) >= 11 is 1.46. The van der Waals surface area contributed by atoms with Gasteiger partial charge in [0.05, 0.1) is 10.4 Å². The number of unbranched alkanes of at least 4 members (excludes halogenated alkanes) is 2. The zero-order valence-electron chi connectivity index (χ0n) is 11.1. The predicted octanol–water partition coefficient (Wildman–Crippen LogP) is 3.57. The summed E-state index contributed by atoms with van der Waals surface area (Å²) in [5, 5.41) is 10.8. The van der Waals surface area contributed by atoms with Crippen molar-refractivity contribution in [2.24, 2.45) is 5.41 Å². The van der Waals surface area contributed by atoms with Crippen molar-refractivity contribution in [1.82, 2.24) is 4.98 Å². The predicted molar refractivity (Wildman–Crippen MR) is 72.8 cm³/mol. The summed E-state index contributed by atoms with van der Waals surface area (Å²) in [6.45, 7) is 8.14. The lowest BCUT2D eigenvalue weighted by Gasteiger charge is -2.34. The fourth-order valence-electron chi connectivity index (χ4n) is 1.47. The fourth-order valence-corrected chi connectivity index (χ4v) is 2.35. The summed E-state index contributed by atoms with van der Waals surface area (Å²) in [4.78, 5) is 4.86.